The molecule has 0 bridgehead atoms. The molecule has 0 fully saturated rings. The first-order valence-electron chi connectivity index (χ1n) is 10.7. The topological polar surface area (TPSA) is 50.9 Å². The van der Waals surface area contributed by atoms with Crippen molar-refractivity contribution in [3.05, 3.63) is 131 Å². The predicted octanol–water partition coefficient (Wildman–Crippen LogP) is 5.85. The van der Waals surface area contributed by atoms with Crippen LogP contribution in [0.4, 0.5) is 0 Å². The molecule has 6 rings (SSSR count). The third-order valence-electron chi connectivity index (χ3n) is 6.12. The quantitative estimate of drug-likeness (QED) is 0.394. The van der Waals surface area contributed by atoms with Gasteiger partial charge in [-0.2, -0.15) is 0 Å². The Morgan fingerprint density at radius 2 is 1.53 bits per heavy atom. The van der Waals surface area contributed by atoms with E-state index in [1.165, 1.54) is 0 Å². The minimum atomic E-state index is -0.122. The SMILES string of the molecule is N=c1c2c(ncn1Cc1ccccc1)Oc1c(ccc3ccccc13)[C@@H]2c1ccccc1. The maximum Gasteiger partial charge on any atom is 0.228 e. The average molecular weight is 415 g/mol. The summed E-state index contributed by atoms with van der Waals surface area (Å²) in [7, 11) is 0. The Balaban J connectivity index is 1.58. The van der Waals surface area contributed by atoms with Gasteiger partial charge in [-0.25, -0.2) is 4.98 Å². The molecule has 0 saturated carbocycles. The summed E-state index contributed by atoms with van der Waals surface area (Å²) in [6.45, 7) is 0.589. The van der Waals surface area contributed by atoms with Crippen LogP contribution < -0.4 is 10.2 Å². The lowest BCUT2D eigenvalue weighted by Crippen LogP contribution is -2.30. The van der Waals surface area contributed by atoms with Gasteiger partial charge in [0.05, 0.1) is 12.1 Å². The predicted molar refractivity (Wildman–Crippen MR) is 125 cm³/mol. The molecule has 2 heterocycles. The van der Waals surface area contributed by atoms with E-state index in [0.717, 1.165) is 38.8 Å². The largest absolute Gasteiger partial charge is 0.438 e. The van der Waals surface area contributed by atoms with Crippen LogP contribution in [0.5, 0.6) is 11.6 Å². The van der Waals surface area contributed by atoms with E-state index >= 15 is 0 Å². The molecule has 5 aromatic rings. The van der Waals surface area contributed by atoms with E-state index in [4.69, 9.17) is 10.1 Å². The summed E-state index contributed by atoms with van der Waals surface area (Å²) < 4.78 is 8.27. The Morgan fingerprint density at radius 3 is 2.34 bits per heavy atom. The van der Waals surface area contributed by atoms with Gasteiger partial charge in [0.25, 0.3) is 0 Å². The van der Waals surface area contributed by atoms with Crippen LogP contribution in [0, 0.1) is 5.41 Å². The summed E-state index contributed by atoms with van der Waals surface area (Å²) in [4.78, 5) is 4.68. The molecule has 0 unspecified atom stereocenters. The van der Waals surface area contributed by atoms with Crippen molar-refractivity contribution in [2.24, 2.45) is 0 Å². The fourth-order valence-electron chi connectivity index (χ4n) is 4.59. The van der Waals surface area contributed by atoms with Crippen LogP contribution in [0.15, 0.2) is 103 Å². The number of fused-ring (bicyclic) bond motifs is 4. The first-order valence-corrected chi connectivity index (χ1v) is 10.7. The van der Waals surface area contributed by atoms with Gasteiger partial charge in [0, 0.05) is 16.9 Å². The lowest BCUT2D eigenvalue weighted by molar-refractivity contribution is 0.428. The number of hydrogen-bond acceptors (Lipinski definition) is 3. The molecule has 4 aromatic carbocycles. The molecule has 4 nitrogen and oxygen atoms in total. The maximum absolute atomic E-state index is 9.10. The molecule has 32 heavy (non-hydrogen) atoms. The van der Waals surface area contributed by atoms with Crippen molar-refractivity contribution in [3.8, 4) is 11.6 Å². The lowest BCUT2D eigenvalue weighted by atomic mass is 9.83. The second-order valence-electron chi connectivity index (χ2n) is 8.08. The van der Waals surface area contributed by atoms with E-state index in [1.54, 1.807) is 6.33 Å². The number of hydrogen-bond donors (Lipinski definition) is 1. The molecule has 4 heteroatoms. The van der Waals surface area contributed by atoms with Crippen LogP contribution in [-0.4, -0.2) is 9.55 Å². The molecule has 154 valence electrons. The van der Waals surface area contributed by atoms with Gasteiger partial charge in [0.2, 0.25) is 5.88 Å². The summed E-state index contributed by atoms with van der Waals surface area (Å²) in [5.74, 6) is 1.22. The van der Waals surface area contributed by atoms with Crippen LogP contribution in [-0.2, 0) is 6.54 Å². The molecular weight excluding hydrogens is 394 g/mol. The number of aromatic nitrogens is 2. The third-order valence-corrected chi connectivity index (χ3v) is 6.12. The normalized spacial score (nSPS) is 14.4. The van der Waals surface area contributed by atoms with E-state index in [2.05, 4.69) is 53.5 Å². The summed E-state index contributed by atoms with van der Waals surface area (Å²) >= 11 is 0. The monoisotopic (exact) mass is 415 g/mol. The number of benzene rings is 4. The minimum Gasteiger partial charge on any atom is -0.438 e. The van der Waals surface area contributed by atoms with Crippen molar-refractivity contribution in [1.82, 2.24) is 9.55 Å². The number of ether oxygens (including phenoxy) is 1. The molecule has 0 radical (unpaired) electrons. The zero-order valence-corrected chi connectivity index (χ0v) is 17.4. The van der Waals surface area contributed by atoms with Gasteiger partial charge in [0.1, 0.15) is 17.6 Å². The Morgan fingerprint density at radius 1 is 0.812 bits per heavy atom. The standard InChI is InChI=1S/C28H21N3O/c29-27-25-24(21-12-5-2-6-13-21)23-16-15-20-11-7-8-14-22(20)26(23)32-28(25)30-18-31(27)17-19-9-3-1-4-10-19/h1-16,18,24,29H,17H2/t24-/m0/s1. The van der Waals surface area contributed by atoms with Crippen molar-refractivity contribution in [3.63, 3.8) is 0 Å². The highest BCUT2D eigenvalue weighted by molar-refractivity contribution is 5.91. The van der Waals surface area contributed by atoms with Crippen molar-refractivity contribution >= 4 is 10.8 Å². The molecule has 1 N–H and O–H groups in total. The Labute approximate surface area is 185 Å². The fourth-order valence-corrected chi connectivity index (χ4v) is 4.59. The first kappa shape index (κ1) is 18.6. The van der Waals surface area contributed by atoms with Gasteiger partial charge < -0.3 is 9.30 Å². The van der Waals surface area contributed by atoms with E-state index in [1.807, 2.05) is 53.1 Å². The smallest absolute Gasteiger partial charge is 0.228 e. The molecule has 1 atom stereocenters. The maximum atomic E-state index is 9.10. The van der Waals surface area contributed by atoms with Gasteiger partial charge in [-0.3, -0.25) is 5.41 Å². The van der Waals surface area contributed by atoms with E-state index in [9.17, 15) is 0 Å². The molecule has 1 aliphatic heterocycles. The van der Waals surface area contributed by atoms with Gasteiger partial charge >= 0.3 is 0 Å². The summed E-state index contributed by atoms with van der Waals surface area (Å²) in [6.07, 6.45) is 1.71. The van der Waals surface area contributed by atoms with E-state index in [0.29, 0.717) is 17.9 Å². The van der Waals surface area contributed by atoms with Gasteiger partial charge in [-0.05, 0) is 16.5 Å². The van der Waals surface area contributed by atoms with Crippen molar-refractivity contribution in [2.45, 2.75) is 12.5 Å². The van der Waals surface area contributed by atoms with Crippen molar-refractivity contribution < 1.29 is 4.74 Å². The molecule has 0 spiro atoms. The summed E-state index contributed by atoms with van der Waals surface area (Å²) in [5.41, 5.74) is 4.55. The van der Waals surface area contributed by atoms with Gasteiger partial charge in [-0.15, -0.1) is 0 Å². The second kappa shape index (κ2) is 7.50. The highest BCUT2D eigenvalue weighted by Crippen LogP contribution is 2.47. The number of nitrogens with zero attached hydrogens (tertiary/aromatic N) is 2. The third kappa shape index (κ3) is 3.00. The Bertz CT molecular complexity index is 1490. The van der Waals surface area contributed by atoms with Crippen LogP contribution in [0.2, 0.25) is 0 Å². The fraction of sp³-hybridized carbons (Fsp3) is 0.0714. The average Bonchev–Trinajstić information content (AvgIpc) is 2.86. The minimum absolute atomic E-state index is 0.122. The highest BCUT2D eigenvalue weighted by Gasteiger charge is 2.32. The van der Waals surface area contributed by atoms with Crippen LogP contribution >= 0.6 is 0 Å². The lowest BCUT2D eigenvalue weighted by Gasteiger charge is -2.29. The second-order valence-corrected chi connectivity index (χ2v) is 8.08. The van der Waals surface area contributed by atoms with Crippen molar-refractivity contribution in [1.29, 1.82) is 5.41 Å². The van der Waals surface area contributed by atoms with Crippen LogP contribution in [0.1, 0.15) is 28.2 Å². The van der Waals surface area contributed by atoms with Crippen LogP contribution in [0.3, 0.4) is 0 Å². The molecule has 0 saturated heterocycles. The summed E-state index contributed by atoms with van der Waals surface area (Å²) in [6, 6.07) is 33.0. The van der Waals surface area contributed by atoms with E-state index < -0.39 is 0 Å². The number of rotatable bonds is 3. The Kier molecular flexibility index (Phi) is 4.36. The first-order chi connectivity index (χ1) is 15.8. The molecule has 0 aliphatic carbocycles. The molecule has 1 aromatic heterocycles. The zero-order valence-electron chi connectivity index (χ0n) is 17.4. The highest BCUT2D eigenvalue weighted by atomic mass is 16.5. The van der Waals surface area contributed by atoms with Crippen LogP contribution in [0.25, 0.3) is 10.8 Å². The Hall–Kier alpha value is -4.18. The molecule has 0 amide bonds. The molecular formula is C28H21N3O. The summed E-state index contributed by atoms with van der Waals surface area (Å²) in [5, 5.41) is 11.3. The van der Waals surface area contributed by atoms with Gasteiger partial charge in [0.15, 0.2) is 0 Å². The zero-order chi connectivity index (χ0) is 21.5. The number of nitrogens with one attached hydrogen (secondary N) is 1. The molecule has 1 aliphatic rings. The van der Waals surface area contributed by atoms with Gasteiger partial charge in [-0.1, -0.05) is 97.1 Å². The van der Waals surface area contributed by atoms with Crippen molar-refractivity contribution in [2.75, 3.05) is 0 Å². The van der Waals surface area contributed by atoms with E-state index in [-0.39, 0.29) is 5.92 Å².